The zero-order chi connectivity index (χ0) is 9.42. The molecule has 0 atom stereocenters. The van der Waals surface area contributed by atoms with E-state index in [0.717, 1.165) is 0 Å². The van der Waals surface area contributed by atoms with Crippen LogP contribution in [0.15, 0.2) is 32.2 Å². The maximum absolute atomic E-state index is 11.2. The molecule has 3 aromatic rings. The van der Waals surface area contributed by atoms with Crippen LogP contribution < -0.4 is 11.3 Å². The summed E-state index contributed by atoms with van der Waals surface area (Å²) in [5.74, 6) is 2.33. The van der Waals surface area contributed by atoms with Gasteiger partial charge in [0.15, 0.2) is 0 Å². The van der Waals surface area contributed by atoms with Gasteiger partial charge in [0.05, 0.1) is 10.8 Å². The van der Waals surface area contributed by atoms with Crippen molar-refractivity contribution in [3.8, 4) is 12.3 Å². The smallest absolute Gasteiger partial charge is 0.347 e. The molecule has 0 aliphatic carbocycles. The highest BCUT2D eigenvalue weighted by atomic mass is 16.4. The van der Waals surface area contributed by atoms with E-state index in [1.54, 1.807) is 0 Å². The predicted octanol–water partition coefficient (Wildman–Crippen LogP) is 0.572. The molecule has 3 heteroatoms. The van der Waals surface area contributed by atoms with Crippen molar-refractivity contribution >= 4 is 10.8 Å². The monoisotopic (exact) mass is 172 g/mol. The lowest BCUT2D eigenvalue weighted by atomic mass is 10.1. The van der Waals surface area contributed by atoms with E-state index < -0.39 is 11.3 Å². The fraction of sp³-hybridized carbons (Fsp3) is 0. The lowest BCUT2D eigenvalue weighted by Gasteiger charge is -1.87. The number of hydrogen-bond donors (Lipinski definition) is 0. The molecule has 0 aliphatic rings. The molecule has 2 bridgehead atoms. The van der Waals surface area contributed by atoms with Crippen molar-refractivity contribution in [2.45, 2.75) is 0 Å². The Labute approximate surface area is 73.0 Å². The molecule has 13 heavy (non-hydrogen) atoms. The Balaban J connectivity index is 3.22. The summed E-state index contributed by atoms with van der Waals surface area (Å²) in [4.78, 5) is 22.3. The van der Waals surface area contributed by atoms with Crippen LogP contribution in [0.1, 0.15) is 5.56 Å². The maximum Gasteiger partial charge on any atom is 0.347 e. The van der Waals surface area contributed by atoms with Crippen molar-refractivity contribution in [2.24, 2.45) is 0 Å². The first kappa shape index (κ1) is 7.56. The zero-order valence-electron chi connectivity index (χ0n) is 6.53. The summed E-state index contributed by atoms with van der Waals surface area (Å²) >= 11 is 0. The predicted molar refractivity (Wildman–Crippen MR) is 47.9 cm³/mol. The Morgan fingerprint density at radius 2 is 2.00 bits per heavy atom. The van der Waals surface area contributed by atoms with Crippen LogP contribution in [0, 0.1) is 12.3 Å². The standard InChI is InChI=1S/C10H4O3/c1-2-6-5-7-3-4-8(6)10(12)13-9(7)11/h1,3-5H. The van der Waals surface area contributed by atoms with E-state index in [0.29, 0.717) is 10.9 Å². The van der Waals surface area contributed by atoms with Crippen LogP contribution in [0.4, 0.5) is 0 Å². The van der Waals surface area contributed by atoms with Gasteiger partial charge in [0.25, 0.3) is 0 Å². The summed E-state index contributed by atoms with van der Waals surface area (Å²) in [5, 5.41) is 0.569. The fourth-order valence-corrected chi connectivity index (χ4v) is 1.17. The Hall–Kier alpha value is -2.08. The molecule has 0 saturated heterocycles. The normalized spacial score (nSPS) is 10.1. The van der Waals surface area contributed by atoms with Crippen LogP contribution in [0.3, 0.4) is 0 Å². The minimum absolute atomic E-state index is 0.261. The molecule has 0 radical (unpaired) electrons. The minimum atomic E-state index is -0.682. The molecule has 0 N–H and O–H groups in total. The molecule has 0 spiro atoms. The lowest BCUT2D eigenvalue weighted by molar-refractivity contribution is 0.492. The highest BCUT2D eigenvalue weighted by Crippen LogP contribution is 2.08. The van der Waals surface area contributed by atoms with Gasteiger partial charge in [0.2, 0.25) is 0 Å². The summed E-state index contributed by atoms with van der Waals surface area (Å²) < 4.78 is 4.47. The maximum atomic E-state index is 11.2. The molecule has 0 aliphatic heterocycles. The second kappa shape index (κ2) is 2.46. The van der Waals surface area contributed by atoms with Gasteiger partial charge >= 0.3 is 11.3 Å². The molecule has 2 aromatic heterocycles. The first-order valence-corrected chi connectivity index (χ1v) is 3.59. The number of hydrogen-bond acceptors (Lipinski definition) is 3. The average Bonchev–Trinajstić information content (AvgIpc) is 2.34. The van der Waals surface area contributed by atoms with Crippen molar-refractivity contribution in [1.82, 2.24) is 0 Å². The molecule has 3 nitrogen and oxygen atoms in total. The summed E-state index contributed by atoms with van der Waals surface area (Å²) in [7, 11) is 0. The van der Waals surface area contributed by atoms with Crippen molar-refractivity contribution < 1.29 is 4.42 Å². The molecule has 1 aromatic carbocycles. The third-order valence-electron chi connectivity index (χ3n) is 1.82. The molecule has 0 saturated carbocycles. The summed E-state index contributed by atoms with van der Waals surface area (Å²) in [6, 6.07) is 4.49. The van der Waals surface area contributed by atoms with Crippen molar-refractivity contribution in [3.63, 3.8) is 0 Å². The third-order valence-corrected chi connectivity index (χ3v) is 1.82. The van der Waals surface area contributed by atoms with E-state index >= 15 is 0 Å². The molecule has 0 amide bonds. The quantitative estimate of drug-likeness (QED) is 0.546. The Morgan fingerprint density at radius 3 is 2.69 bits per heavy atom. The Morgan fingerprint density at radius 1 is 1.23 bits per heavy atom. The van der Waals surface area contributed by atoms with Crippen LogP contribution in [0.2, 0.25) is 0 Å². The molecular formula is C10H4O3. The molecule has 62 valence electrons. The Bertz CT molecular complexity index is 601. The molecule has 0 fully saturated rings. The second-order valence-electron chi connectivity index (χ2n) is 2.58. The van der Waals surface area contributed by atoms with Crippen molar-refractivity contribution in [2.75, 3.05) is 0 Å². The highest BCUT2D eigenvalue weighted by molar-refractivity contribution is 5.72. The lowest BCUT2D eigenvalue weighted by Crippen LogP contribution is -2.02. The van der Waals surface area contributed by atoms with Gasteiger partial charge in [-0.1, -0.05) is 5.92 Å². The topological polar surface area (TPSA) is 47.3 Å². The highest BCUT2D eigenvalue weighted by Gasteiger charge is 2.05. The summed E-state index contributed by atoms with van der Waals surface area (Å²) in [6.45, 7) is 0. The molecule has 0 unspecified atom stereocenters. The average molecular weight is 172 g/mol. The van der Waals surface area contributed by atoms with Crippen molar-refractivity contribution in [1.29, 1.82) is 0 Å². The van der Waals surface area contributed by atoms with E-state index in [9.17, 15) is 9.59 Å². The van der Waals surface area contributed by atoms with E-state index in [2.05, 4.69) is 10.3 Å². The molecule has 3 rings (SSSR count). The Kier molecular flexibility index (Phi) is 1.43. The fourth-order valence-electron chi connectivity index (χ4n) is 1.17. The van der Waals surface area contributed by atoms with Gasteiger partial charge in [-0.05, 0) is 18.2 Å². The third kappa shape index (κ3) is 1.00. The number of fused-ring (bicyclic) bond motifs is 4. The van der Waals surface area contributed by atoms with Gasteiger partial charge in [0, 0.05) is 5.56 Å². The van der Waals surface area contributed by atoms with Gasteiger partial charge in [-0.2, -0.15) is 0 Å². The number of terminal acetylenes is 1. The molecular weight excluding hydrogens is 168 g/mol. The molecule has 2 heterocycles. The first-order valence-electron chi connectivity index (χ1n) is 3.59. The minimum Gasteiger partial charge on any atom is -0.386 e. The van der Waals surface area contributed by atoms with Crippen molar-refractivity contribution in [3.05, 3.63) is 44.6 Å². The second-order valence-corrected chi connectivity index (χ2v) is 2.58. The van der Waals surface area contributed by atoms with E-state index in [1.807, 2.05) is 0 Å². The van der Waals surface area contributed by atoms with Crippen LogP contribution in [0.5, 0.6) is 0 Å². The van der Waals surface area contributed by atoms with Crippen LogP contribution in [0.25, 0.3) is 10.8 Å². The zero-order valence-corrected chi connectivity index (χ0v) is 6.53. The van der Waals surface area contributed by atoms with Crippen LogP contribution in [-0.2, 0) is 0 Å². The number of rotatable bonds is 0. The van der Waals surface area contributed by atoms with Gasteiger partial charge in [-0.25, -0.2) is 9.59 Å². The van der Waals surface area contributed by atoms with Gasteiger partial charge in [-0.3, -0.25) is 0 Å². The van der Waals surface area contributed by atoms with Crippen LogP contribution >= 0.6 is 0 Å². The van der Waals surface area contributed by atoms with E-state index in [-0.39, 0.29) is 5.39 Å². The van der Waals surface area contributed by atoms with Crippen LogP contribution in [-0.4, -0.2) is 0 Å². The van der Waals surface area contributed by atoms with Gasteiger partial charge in [-0.15, -0.1) is 6.42 Å². The SMILES string of the molecule is C#Cc1cc2ccc1c(=O)oc2=O. The number of benzene rings is 1. The van der Waals surface area contributed by atoms with E-state index in [4.69, 9.17) is 6.42 Å². The summed E-state index contributed by atoms with van der Waals surface area (Å²) in [6.07, 6.45) is 5.16. The largest absolute Gasteiger partial charge is 0.386 e. The van der Waals surface area contributed by atoms with Gasteiger partial charge < -0.3 is 4.42 Å². The summed E-state index contributed by atoms with van der Waals surface area (Å²) in [5.41, 5.74) is -0.937. The first-order chi connectivity index (χ1) is 6.22. The van der Waals surface area contributed by atoms with E-state index in [1.165, 1.54) is 18.2 Å². The van der Waals surface area contributed by atoms with Gasteiger partial charge in [0.1, 0.15) is 0 Å².